The molecule has 0 amide bonds. The van der Waals surface area contributed by atoms with Crippen LogP contribution in [0.25, 0.3) is 6.08 Å². The van der Waals surface area contributed by atoms with Crippen LogP contribution in [0.5, 0.6) is 0 Å². The van der Waals surface area contributed by atoms with Crippen LogP contribution in [-0.2, 0) is 61.7 Å². The molecule has 1 aromatic carbocycles. The molecule has 72 heavy (non-hydrogen) atoms. The molecule has 6 fully saturated rings. The number of hydrogen-bond donors (Lipinski definition) is 6. The van der Waals surface area contributed by atoms with E-state index in [0.717, 1.165) is 5.56 Å². The summed E-state index contributed by atoms with van der Waals surface area (Å²) in [5.41, 5.74) is -9.79. The molecule has 6 N–H and O–H groups in total. The van der Waals surface area contributed by atoms with Gasteiger partial charge >= 0.3 is 11.9 Å². The van der Waals surface area contributed by atoms with Crippen molar-refractivity contribution in [1.29, 1.82) is 0 Å². The Hall–Kier alpha value is -2.96. The van der Waals surface area contributed by atoms with Crippen LogP contribution in [0, 0.1) is 16.7 Å². The highest BCUT2D eigenvalue weighted by Crippen LogP contribution is 2.71. The molecule has 3 saturated carbocycles. The van der Waals surface area contributed by atoms with Crippen molar-refractivity contribution in [2.45, 2.75) is 220 Å². The molecule has 0 aromatic heterocycles. The Morgan fingerprint density at radius 3 is 1.99 bits per heavy atom. The minimum Gasteiger partial charge on any atom is -0.460 e. The molecule has 3 saturated heterocycles. The largest absolute Gasteiger partial charge is 0.460 e. The van der Waals surface area contributed by atoms with E-state index in [1.54, 1.807) is 40.2 Å². The third-order valence-corrected chi connectivity index (χ3v) is 18.1. The van der Waals surface area contributed by atoms with Crippen LogP contribution in [0.3, 0.4) is 0 Å². The molecule has 8 rings (SSSR count). The summed E-state index contributed by atoms with van der Waals surface area (Å²) >= 11 is 0. The highest BCUT2D eigenvalue weighted by Gasteiger charge is 2.82. The molecule has 0 spiro atoms. The lowest BCUT2D eigenvalue weighted by atomic mass is 9.41. The van der Waals surface area contributed by atoms with E-state index in [2.05, 4.69) is 0 Å². The van der Waals surface area contributed by atoms with Gasteiger partial charge in [-0.25, -0.2) is 4.79 Å². The standard InChI is InChI=1S/C53H78O19/c1-28-42(56)46(64-10)43(57)47(67-28)72-45-30(3)66-41(25-36(45)63-9)71-44-29(2)65-40(24-35(44)62-8)69-34-18-19-48(6)37-26-38(70-39(55)17-16-33-14-12-11-13-15-33)49(7)51(59,31(4)68-32(5)54)22-23-53(49,61)52(37,60)21-20-50(48,58)27-34/h11-17,20-21,28-31,34-38,40-47,56-61H,18-19,22-27H2,1-10H3. The van der Waals surface area contributed by atoms with Crippen molar-refractivity contribution in [1.82, 2.24) is 0 Å². The smallest absolute Gasteiger partial charge is 0.331 e. The van der Waals surface area contributed by atoms with Crippen molar-refractivity contribution in [3.8, 4) is 0 Å². The van der Waals surface area contributed by atoms with Gasteiger partial charge in [-0.1, -0.05) is 56.3 Å². The molecule has 0 radical (unpaired) electrons. The molecule has 23 atom stereocenters. The highest BCUT2D eigenvalue weighted by atomic mass is 16.8. The van der Waals surface area contributed by atoms with Crippen molar-refractivity contribution >= 4 is 18.0 Å². The zero-order valence-corrected chi connectivity index (χ0v) is 43.2. The maximum Gasteiger partial charge on any atom is 0.331 e. The average molecular weight is 1020 g/mol. The van der Waals surface area contributed by atoms with Crippen LogP contribution in [0.4, 0.5) is 0 Å². The van der Waals surface area contributed by atoms with Crippen LogP contribution in [-0.4, -0.2) is 185 Å². The fourth-order valence-corrected chi connectivity index (χ4v) is 13.8. The fourth-order valence-electron chi connectivity index (χ4n) is 13.8. The van der Waals surface area contributed by atoms with Gasteiger partial charge in [-0.15, -0.1) is 0 Å². The minimum atomic E-state index is -2.12. The molecule has 19 nitrogen and oxygen atoms in total. The van der Waals surface area contributed by atoms with Gasteiger partial charge in [0.25, 0.3) is 0 Å². The molecule has 4 aliphatic carbocycles. The average Bonchev–Trinajstić information content (AvgIpc) is 3.57. The topological polar surface area (TPSA) is 257 Å². The van der Waals surface area contributed by atoms with Crippen molar-refractivity contribution in [2.75, 3.05) is 21.3 Å². The van der Waals surface area contributed by atoms with Gasteiger partial charge in [0.05, 0.1) is 47.6 Å². The molecule has 19 heteroatoms. The first-order chi connectivity index (χ1) is 33.9. The second-order valence-electron chi connectivity index (χ2n) is 21.9. The van der Waals surface area contributed by atoms with Crippen molar-refractivity contribution in [3.05, 3.63) is 54.1 Å². The highest BCUT2D eigenvalue weighted by molar-refractivity contribution is 5.87. The first-order valence-corrected chi connectivity index (χ1v) is 25.5. The predicted molar refractivity (Wildman–Crippen MR) is 254 cm³/mol. The van der Waals surface area contributed by atoms with E-state index in [1.807, 2.05) is 51.1 Å². The normalized spacial score (nSPS) is 48.6. The summed E-state index contributed by atoms with van der Waals surface area (Å²) < 4.78 is 67.1. The first kappa shape index (κ1) is 55.3. The quantitative estimate of drug-likeness (QED) is 0.0890. The van der Waals surface area contributed by atoms with Gasteiger partial charge < -0.3 is 82.7 Å². The number of methoxy groups -OCH3 is 3. The number of carbonyl (C=O) groups is 2. The summed E-state index contributed by atoms with van der Waals surface area (Å²) in [6.45, 7) is 11.6. The number of esters is 2. The van der Waals surface area contributed by atoms with Gasteiger partial charge in [0.15, 0.2) is 18.9 Å². The summed E-state index contributed by atoms with van der Waals surface area (Å²) in [6, 6.07) is 9.17. The number of fused-ring (bicyclic) bond motifs is 5. The number of ether oxygens (including phenoxy) is 11. The maximum atomic E-state index is 13.8. The summed E-state index contributed by atoms with van der Waals surface area (Å²) in [4.78, 5) is 26.0. The Morgan fingerprint density at radius 1 is 0.750 bits per heavy atom. The molecule has 404 valence electrons. The second kappa shape index (κ2) is 20.9. The van der Waals surface area contributed by atoms with Crippen LogP contribution in [0.1, 0.15) is 105 Å². The Bertz CT molecular complexity index is 2130. The van der Waals surface area contributed by atoms with Crippen LogP contribution >= 0.6 is 0 Å². The molecule has 3 aliphatic heterocycles. The van der Waals surface area contributed by atoms with E-state index in [1.165, 1.54) is 33.1 Å². The zero-order valence-electron chi connectivity index (χ0n) is 43.2. The van der Waals surface area contributed by atoms with Crippen molar-refractivity contribution in [2.24, 2.45) is 16.7 Å². The number of aliphatic hydroxyl groups is 6. The van der Waals surface area contributed by atoms with Gasteiger partial charge in [0.2, 0.25) is 0 Å². The van der Waals surface area contributed by atoms with Gasteiger partial charge in [0, 0.05) is 64.9 Å². The van der Waals surface area contributed by atoms with Gasteiger partial charge in [-0.05, 0) is 71.4 Å². The van der Waals surface area contributed by atoms with E-state index in [9.17, 15) is 40.2 Å². The Labute approximate surface area is 422 Å². The summed E-state index contributed by atoms with van der Waals surface area (Å²) in [7, 11) is 4.54. The lowest BCUT2D eigenvalue weighted by Gasteiger charge is -2.68. The number of hydrogen-bond acceptors (Lipinski definition) is 19. The molecular formula is C53H78O19. The molecule has 3 heterocycles. The van der Waals surface area contributed by atoms with Crippen LogP contribution in [0.2, 0.25) is 0 Å². The SMILES string of the molecule is COC1CC(OC2CCC3(C)C4CC(OC(=O)C=Cc5ccccc5)C5(C)C(O)(C(C)OC(C)=O)CCC5(O)C4(O)C=CC3(O)C2)OC(C)C1OC1CC(OC)C(OC2OC(C)C(O)C(OC)C2O)C(C)O1. The molecule has 23 unspecified atom stereocenters. The monoisotopic (exact) mass is 1020 g/mol. The Balaban J connectivity index is 0.955. The van der Waals surface area contributed by atoms with Crippen LogP contribution < -0.4 is 0 Å². The first-order valence-electron chi connectivity index (χ1n) is 25.5. The third-order valence-electron chi connectivity index (χ3n) is 18.1. The number of benzene rings is 1. The predicted octanol–water partition coefficient (Wildman–Crippen LogP) is 3.00. The zero-order chi connectivity index (χ0) is 52.3. The van der Waals surface area contributed by atoms with E-state index in [4.69, 9.17) is 52.1 Å². The van der Waals surface area contributed by atoms with E-state index < -0.39 is 149 Å². The van der Waals surface area contributed by atoms with E-state index in [-0.39, 0.29) is 38.5 Å². The fraction of sp³-hybridized carbons (Fsp3) is 0.774. The maximum absolute atomic E-state index is 13.8. The Morgan fingerprint density at radius 2 is 1.38 bits per heavy atom. The van der Waals surface area contributed by atoms with Crippen LogP contribution in [0.15, 0.2) is 48.6 Å². The van der Waals surface area contributed by atoms with Crippen molar-refractivity contribution < 1.29 is 92.3 Å². The van der Waals surface area contributed by atoms with Gasteiger partial charge in [-0.2, -0.15) is 0 Å². The lowest BCUT2D eigenvalue weighted by molar-refractivity contribution is -0.353. The minimum absolute atomic E-state index is 0.0520. The summed E-state index contributed by atoms with van der Waals surface area (Å²) in [5.74, 6) is -2.27. The summed E-state index contributed by atoms with van der Waals surface area (Å²) in [5, 5.41) is 73.1. The second-order valence-corrected chi connectivity index (χ2v) is 21.9. The van der Waals surface area contributed by atoms with Crippen molar-refractivity contribution in [3.63, 3.8) is 0 Å². The molecule has 7 aliphatic rings. The summed E-state index contributed by atoms with van der Waals surface area (Å²) in [6.07, 6.45) is -5.71. The Kier molecular flexibility index (Phi) is 16.0. The van der Waals surface area contributed by atoms with E-state index >= 15 is 0 Å². The van der Waals surface area contributed by atoms with Gasteiger partial charge in [0.1, 0.15) is 59.5 Å². The lowest BCUT2D eigenvalue weighted by Crippen LogP contribution is -2.80. The number of aliphatic hydroxyl groups excluding tert-OH is 2. The third kappa shape index (κ3) is 9.33. The number of carbonyl (C=O) groups excluding carboxylic acids is 2. The van der Waals surface area contributed by atoms with E-state index in [0.29, 0.717) is 12.8 Å². The molecular weight excluding hydrogens is 941 g/mol. The molecule has 0 bridgehead atoms. The number of rotatable bonds is 14. The van der Waals surface area contributed by atoms with Gasteiger partial charge in [-0.3, -0.25) is 4.79 Å². The molecule has 1 aromatic rings.